The molecule has 6 heteroatoms. The van der Waals surface area contributed by atoms with Gasteiger partial charge in [-0.3, -0.25) is 4.79 Å². The van der Waals surface area contributed by atoms with E-state index in [1.165, 1.54) is 5.56 Å². The summed E-state index contributed by atoms with van der Waals surface area (Å²) >= 11 is 0. The molecule has 0 aliphatic carbocycles. The highest BCUT2D eigenvalue weighted by Crippen LogP contribution is 2.26. The Hall–Kier alpha value is -2.37. The van der Waals surface area contributed by atoms with Crippen LogP contribution in [0.5, 0.6) is 5.75 Å². The molecule has 2 aromatic rings. The van der Waals surface area contributed by atoms with Gasteiger partial charge >= 0.3 is 0 Å². The van der Waals surface area contributed by atoms with E-state index in [9.17, 15) is 4.79 Å². The molecule has 1 aliphatic rings. The lowest BCUT2D eigenvalue weighted by Crippen LogP contribution is -2.27. The average molecular weight is 343 g/mol. The van der Waals surface area contributed by atoms with Gasteiger partial charge in [0, 0.05) is 25.9 Å². The van der Waals surface area contributed by atoms with Crippen LogP contribution in [0.15, 0.2) is 28.8 Å². The fourth-order valence-electron chi connectivity index (χ4n) is 3.06. The van der Waals surface area contributed by atoms with Crippen LogP contribution in [0.1, 0.15) is 49.4 Å². The second kappa shape index (κ2) is 8.14. The molecular weight excluding hydrogens is 318 g/mol. The Morgan fingerprint density at radius 1 is 1.44 bits per heavy atom. The minimum atomic E-state index is 0.153. The zero-order chi connectivity index (χ0) is 17.6. The fourth-order valence-corrected chi connectivity index (χ4v) is 3.06. The van der Waals surface area contributed by atoms with Gasteiger partial charge in [-0.15, -0.1) is 0 Å². The van der Waals surface area contributed by atoms with Crippen LogP contribution in [-0.4, -0.2) is 40.6 Å². The highest BCUT2D eigenvalue weighted by Gasteiger charge is 2.30. The summed E-state index contributed by atoms with van der Waals surface area (Å²) in [5.41, 5.74) is 1.17. The van der Waals surface area contributed by atoms with Gasteiger partial charge in [-0.25, -0.2) is 0 Å². The van der Waals surface area contributed by atoms with Crippen molar-refractivity contribution in [3.63, 3.8) is 0 Å². The topological polar surface area (TPSA) is 68.5 Å². The smallest absolute Gasteiger partial charge is 0.231 e. The van der Waals surface area contributed by atoms with Gasteiger partial charge in [0.25, 0.3) is 0 Å². The van der Waals surface area contributed by atoms with Crippen molar-refractivity contribution in [1.82, 2.24) is 15.0 Å². The summed E-state index contributed by atoms with van der Waals surface area (Å²) in [4.78, 5) is 18.4. The third kappa shape index (κ3) is 4.59. The van der Waals surface area contributed by atoms with Crippen molar-refractivity contribution >= 4 is 5.91 Å². The van der Waals surface area contributed by atoms with Gasteiger partial charge in [-0.05, 0) is 37.5 Å². The molecular formula is C19H25N3O3. The molecule has 3 rings (SSSR count). The lowest BCUT2D eigenvalue weighted by molar-refractivity contribution is -0.130. The minimum Gasteiger partial charge on any atom is -0.493 e. The van der Waals surface area contributed by atoms with Crippen LogP contribution >= 0.6 is 0 Å². The maximum absolute atomic E-state index is 12.0. The molecule has 25 heavy (non-hydrogen) atoms. The first-order valence-corrected chi connectivity index (χ1v) is 8.95. The molecule has 1 aromatic heterocycles. The second-order valence-corrected chi connectivity index (χ2v) is 6.54. The molecule has 6 nitrogen and oxygen atoms in total. The van der Waals surface area contributed by atoms with Crippen LogP contribution in [0.3, 0.4) is 0 Å². The highest BCUT2D eigenvalue weighted by molar-refractivity contribution is 5.76. The van der Waals surface area contributed by atoms with Crippen molar-refractivity contribution in [2.75, 3.05) is 19.7 Å². The zero-order valence-corrected chi connectivity index (χ0v) is 14.9. The first kappa shape index (κ1) is 17.5. The van der Waals surface area contributed by atoms with E-state index in [0.717, 1.165) is 25.1 Å². The summed E-state index contributed by atoms with van der Waals surface area (Å²) in [7, 11) is 0. The maximum atomic E-state index is 12.0. The number of rotatable bonds is 7. The van der Waals surface area contributed by atoms with Crippen molar-refractivity contribution < 1.29 is 14.1 Å². The maximum Gasteiger partial charge on any atom is 0.231 e. The van der Waals surface area contributed by atoms with E-state index in [-0.39, 0.29) is 11.8 Å². The Balaban J connectivity index is 1.48. The molecule has 0 N–H and O–H groups in total. The Bertz CT molecular complexity index is 713. The quantitative estimate of drug-likeness (QED) is 0.772. The van der Waals surface area contributed by atoms with Gasteiger partial charge in [0.05, 0.1) is 12.5 Å². The molecule has 0 saturated carbocycles. The third-order valence-corrected chi connectivity index (χ3v) is 4.42. The molecule has 1 amide bonds. The lowest BCUT2D eigenvalue weighted by atomic mass is 10.1. The largest absolute Gasteiger partial charge is 0.493 e. The van der Waals surface area contributed by atoms with Crippen molar-refractivity contribution in [1.29, 1.82) is 0 Å². The molecule has 134 valence electrons. The third-order valence-electron chi connectivity index (χ3n) is 4.42. The van der Waals surface area contributed by atoms with E-state index in [2.05, 4.69) is 10.1 Å². The number of likely N-dealkylation sites (tertiary alicyclic amines) is 1. The number of benzene rings is 1. The first-order chi connectivity index (χ1) is 12.2. The van der Waals surface area contributed by atoms with E-state index >= 15 is 0 Å². The van der Waals surface area contributed by atoms with Crippen LogP contribution in [0.25, 0.3) is 0 Å². The lowest BCUT2D eigenvalue weighted by Gasteiger charge is -2.14. The molecule has 1 atom stereocenters. The number of aryl methyl sites for hydroxylation is 1. The highest BCUT2D eigenvalue weighted by atomic mass is 16.5. The molecule has 2 heterocycles. The molecule has 0 bridgehead atoms. The van der Waals surface area contributed by atoms with Gasteiger partial charge < -0.3 is 14.2 Å². The van der Waals surface area contributed by atoms with Crippen LogP contribution in [0.4, 0.5) is 0 Å². The van der Waals surface area contributed by atoms with Crippen molar-refractivity contribution in [2.45, 2.75) is 45.4 Å². The SMILES string of the molecule is CCCC(=O)N1CCC(c2nc(CCOc3cccc(C)c3)no2)C1. The number of hydrogen-bond donors (Lipinski definition) is 0. The predicted octanol–water partition coefficient (Wildman–Crippen LogP) is 3.12. The summed E-state index contributed by atoms with van der Waals surface area (Å²) in [5.74, 6) is 2.51. The summed E-state index contributed by atoms with van der Waals surface area (Å²) in [6.45, 7) is 6.02. The monoisotopic (exact) mass is 343 g/mol. The molecule has 1 unspecified atom stereocenters. The second-order valence-electron chi connectivity index (χ2n) is 6.54. The summed E-state index contributed by atoms with van der Waals surface area (Å²) in [6.07, 6.45) is 2.98. The van der Waals surface area contributed by atoms with Gasteiger partial charge in [-0.2, -0.15) is 4.98 Å². The fraction of sp³-hybridized carbons (Fsp3) is 0.526. The summed E-state index contributed by atoms with van der Waals surface area (Å²) in [5, 5.41) is 4.05. The molecule has 1 saturated heterocycles. The van der Waals surface area contributed by atoms with Crippen LogP contribution < -0.4 is 4.74 Å². The van der Waals surface area contributed by atoms with Gasteiger partial charge in [0.15, 0.2) is 5.82 Å². The van der Waals surface area contributed by atoms with Crippen molar-refractivity contribution in [2.24, 2.45) is 0 Å². The normalized spacial score (nSPS) is 17.0. The van der Waals surface area contributed by atoms with Gasteiger partial charge in [0.1, 0.15) is 5.75 Å². The number of hydrogen-bond acceptors (Lipinski definition) is 5. The number of carbonyl (C=O) groups excluding carboxylic acids is 1. The van der Waals surface area contributed by atoms with Crippen molar-refractivity contribution in [3.8, 4) is 5.75 Å². The van der Waals surface area contributed by atoms with E-state index in [1.54, 1.807) is 0 Å². The summed E-state index contributed by atoms with van der Waals surface area (Å²) in [6, 6.07) is 7.95. The Kier molecular flexibility index (Phi) is 5.68. The number of carbonyl (C=O) groups is 1. The Labute approximate surface area is 148 Å². The van der Waals surface area contributed by atoms with Crippen LogP contribution in [0, 0.1) is 6.92 Å². The number of ether oxygens (including phenoxy) is 1. The van der Waals surface area contributed by atoms with E-state index in [4.69, 9.17) is 9.26 Å². The van der Waals surface area contributed by atoms with E-state index in [0.29, 0.717) is 37.7 Å². The van der Waals surface area contributed by atoms with Crippen LogP contribution in [-0.2, 0) is 11.2 Å². The van der Waals surface area contributed by atoms with Crippen molar-refractivity contribution in [3.05, 3.63) is 41.5 Å². The van der Waals surface area contributed by atoms with Crippen LogP contribution in [0.2, 0.25) is 0 Å². The molecule has 1 aromatic carbocycles. The Morgan fingerprint density at radius 3 is 3.12 bits per heavy atom. The van der Waals surface area contributed by atoms with Gasteiger partial charge in [0.2, 0.25) is 11.8 Å². The summed E-state index contributed by atoms with van der Waals surface area (Å²) < 4.78 is 11.1. The number of aromatic nitrogens is 2. The van der Waals surface area contributed by atoms with Gasteiger partial charge in [-0.1, -0.05) is 24.2 Å². The standard InChI is InChI=1S/C19H25N3O3/c1-3-5-18(23)22-10-8-15(13-22)19-20-17(21-25-19)9-11-24-16-7-4-6-14(2)12-16/h4,6-7,12,15H,3,5,8-11,13H2,1-2H3. The first-order valence-electron chi connectivity index (χ1n) is 8.95. The minimum absolute atomic E-state index is 0.153. The van der Waals surface area contributed by atoms with E-state index < -0.39 is 0 Å². The number of amides is 1. The average Bonchev–Trinajstić information content (AvgIpc) is 3.24. The molecule has 0 radical (unpaired) electrons. The number of nitrogens with zero attached hydrogens (tertiary/aromatic N) is 3. The zero-order valence-electron chi connectivity index (χ0n) is 14.9. The molecule has 1 aliphatic heterocycles. The molecule has 1 fully saturated rings. The van der Waals surface area contributed by atoms with E-state index in [1.807, 2.05) is 43.0 Å². The molecule has 0 spiro atoms. The predicted molar refractivity (Wildman–Crippen MR) is 93.5 cm³/mol. The Morgan fingerprint density at radius 2 is 2.32 bits per heavy atom.